The van der Waals surface area contributed by atoms with E-state index >= 15 is 0 Å². The van der Waals surface area contributed by atoms with Gasteiger partial charge in [0, 0.05) is 0 Å². The molecule has 0 spiro atoms. The number of nitrogens with one attached hydrogen (secondary N) is 2. The van der Waals surface area contributed by atoms with Crippen LogP contribution in [0.15, 0.2) is 30.6 Å². The molecule has 8 nitrogen and oxygen atoms in total. The van der Waals surface area contributed by atoms with Crippen LogP contribution in [0.1, 0.15) is 29.9 Å². The molecule has 0 saturated heterocycles. The topological polar surface area (TPSA) is 111 Å². The number of alkyl halides is 2. The zero-order valence-corrected chi connectivity index (χ0v) is 14.4. The zero-order valence-electron chi connectivity index (χ0n) is 14.4. The number of halogens is 3. The smallest absolute Gasteiger partial charge is 0.346 e. The highest BCUT2D eigenvalue weighted by Crippen LogP contribution is 2.40. The van der Waals surface area contributed by atoms with Crippen molar-refractivity contribution in [2.75, 3.05) is 11.9 Å². The van der Waals surface area contributed by atoms with Crippen LogP contribution in [0.5, 0.6) is 0 Å². The van der Waals surface area contributed by atoms with Gasteiger partial charge in [0.15, 0.2) is 5.69 Å². The minimum absolute atomic E-state index is 0.0152. The summed E-state index contributed by atoms with van der Waals surface area (Å²) in [5, 5.41) is 13.3. The van der Waals surface area contributed by atoms with E-state index in [4.69, 9.17) is 5.26 Å². The molecule has 28 heavy (non-hydrogen) atoms. The number of hydrogen-bond acceptors (Lipinski definition) is 5. The summed E-state index contributed by atoms with van der Waals surface area (Å²) in [6.45, 7) is 0.565. The standard InChI is InChI=1S/C17H13F3N6O2/c1-9(14-7-22-11(5-21)6-23-14)24-15(27)8-26-16(28)25-13-3-2-10(18)4-12(13)17(26,19)20/h2-4,6-7,9H,8H2,1H3,(H,24,27)(H,25,28)/t9-/m0/s1. The molecule has 2 aromatic rings. The molecule has 2 N–H and O–H groups in total. The van der Waals surface area contributed by atoms with Crippen LogP contribution in [-0.2, 0) is 10.8 Å². The van der Waals surface area contributed by atoms with E-state index in [0.29, 0.717) is 11.8 Å². The van der Waals surface area contributed by atoms with Gasteiger partial charge in [0.1, 0.15) is 18.4 Å². The van der Waals surface area contributed by atoms with Crippen LogP contribution in [0.3, 0.4) is 0 Å². The van der Waals surface area contributed by atoms with Crippen molar-refractivity contribution in [3.8, 4) is 6.07 Å². The third kappa shape index (κ3) is 3.57. The van der Waals surface area contributed by atoms with Crippen molar-refractivity contribution in [2.45, 2.75) is 19.0 Å². The number of aromatic nitrogens is 2. The molecule has 2 heterocycles. The fourth-order valence-electron chi connectivity index (χ4n) is 2.63. The van der Waals surface area contributed by atoms with E-state index < -0.39 is 42.0 Å². The van der Waals surface area contributed by atoms with Gasteiger partial charge in [-0.1, -0.05) is 0 Å². The van der Waals surface area contributed by atoms with Gasteiger partial charge in [-0.15, -0.1) is 0 Å². The maximum absolute atomic E-state index is 14.7. The summed E-state index contributed by atoms with van der Waals surface area (Å²) < 4.78 is 42.7. The summed E-state index contributed by atoms with van der Waals surface area (Å²) >= 11 is 0. The third-order valence-corrected chi connectivity index (χ3v) is 4.04. The van der Waals surface area contributed by atoms with Crippen molar-refractivity contribution >= 4 is 17.6 Å². The van der Waals surface area contributed by atoms with Gasteiger partial charge in [-0.2, -0.15) is 14.0 Å². The maximum Gasteiger partial charge on any atom is 0.358 e. The van der Waals surface area contributed by atoms with Crippen molar-refractivity contribution in [1.82, 2.24) is 20.2 Å². The van der Waals surface area contributed by atoms with E-state index in [0.717, 1.165) is 12.1 Å². The Morgan fingerprint density at radius 2 is 2.14 bits per heavy atom. The molecule has 1 aliphatic heterocycles. The van der Waals surface area contributed by atoms with Crippen molar-refractivity contribution in [2.24, 2.45) is 0 Å². The molecule has 0 aliphatic carbocycles. The maximum atomic E-state index is 14.7. The molecule has 0 saturated carbocycles. The first-order valence-corrected chi connectivity index (χ1v) is 8.00. The predicted octanol–water partition coefficient (Wildman–Crippen LogP) is 2.26. The molecule has 0 bridgehead atoms. The fraction of sp³-hybridized carbons (Fsp3) is 0.235. The Bertz CT molecular complexity index is 974. The van der Waals surface area contributed by atoms with Crippen LogP contribution < -0.4 is 10.6 Å². The number of urea groups is 1. The number of nitrogens with zero attached hydrogens (tertiary/aromatic N) is 4. The van der Waals surface area contributed by atoms with Crippen LogP contribution >= 0.6 is 0 Å². The van der Waals surface area contributed by atoms with Crippen molar-refractivity contribution in [3.05, 3.63) is 53.4 Å². The number of anilines is 1. The molecule has 1 aromatic heterocycles. The molecule has 1 aromatic carbocycles. The summed E-state index contributed by atoms with van der Waals surface area (Å²) in [6, 6.07) is -1.41. The summed E-state index contributed by atoms with van der Waals surface area (Å²) in [6.07, 6.45) is 2.47. The Balaban J connectivity index is 1.74. The average Bonchev–Trinajstić information content (AvgIpc) is 2.66. The number of amides is 3. The van der Waals surface area contributed by atoms with Gasteiger partial charge in [-0.05, 0) is 25.1 Å². The van der Waals surface area contributed by atoms with Crippen LogP contribution in [0, 0.1) is 17.1 Å². The molecule has 1 aliphatic rings. The zero-order chi connectivity index (χ0) is 20.5. The number of carbonyl (C=O) groups excluding carboxylic acids is 2. The second kappa shape index (κ2) is 7.15. The molecule has 11 heteroatoms. The van der Waals surface area contributed by atoms with E-state index in [9.17, 15) is 22.8 Å². The monoisotopic (exact) mass is 390 g/mol. The van der Waals surface area contributed by atoms with Gasteiger partial charge in [-0.25, -0.2) is 14.2 Å². The first-order valence-electron chi connectivity index (χ1n) is 8.00. The van der Waals surface area contributed by atoms with Crippen molar-refractivity contribution in [1.29, 1.82) is 5.26 Å². The Hall–Kier alpha value is -3.68. The molecule has 3 rings (SSSR count). The van der Waals surface area contributed by atoms with E-state index in [1.807, 2.05) is 0 Å². The Morgan fingerprint density at radius 3 is 2.79 bits per heavy atom. The van der Waals surface area contributed by atoms with Gasteiger partial charge in [0.05, 0.1) is 35.4 Å². The van der Waals surface area contributed by atoms with Crippen LogP contribution in [0.4, 0.5) is 23.7 Å². The van der Waals surface area contributed by atoms with Gasteiger partial charge >= 0.3 is 12.1 Å². The minimum atomic E-state index is -3.88. The third-order valence-electron chi connectivity index (χ3n) is 4.04. The highest BCUT2D eigenvalue weighted by Gasteiger charge is 2.48. The summed E-state index contributed by atoms with van der Waals surface area (Å²) in [5.41, 5.74) is -0.590. The van der Waals surface area contributed by atoms with Crippen LogP contribution in [-0.4, -0.2) is 33.4 Å². The summed E-state index contributed by atoms with van der Waals surface area (Å²) in [5.74, 6) is -1.78. The largest absolute Gasteiger partial charge is 0.358 e. The second-order valence-electron chi connectivity index (χ2n) is 5.97. The molecular formula is C17H13F3N6O2. The lowest BCUT2D eigenvalue weighted by atomic mass is 10.1. The number of benzene rings is 1. The molecule has 0 unspecified atom stereocenters. The predicted molar refractivity (Wildman–Crippen MR) is 89.3 cm³/mol. The van der Waals surface area contributed by atoms with E-state index in [1.165, 1.54) is 19.3 Å². The molecule has 1 atom stereocenters. The molecule has 144 valence electrons. The highest BCUT2D eigenvalue weighted by molar-refractivity contribution is 5.95. The number of nitriles is 1. The number of hydrogen-bond donors (Lipinski definition) is 2. The number of carbonyl (C=O) groups is 2. The average molecular weight is 390 g/mol. The molecular weight excluding hydrogens is 377 g/mol. The van der Waals surface area contributed by atoms with Crippen LogP contribution in [0.25, 0.3) is 0 Å². The van der Waals surface area contributed by atoms with Crippen LogP contribution in [0.2, 0.25) is 0 Å². The van der Waals surface area contributed by atoms with Crippen molar-refractivity contribution < 1.29 is 22.8 Å². The van der Waals surface area contributed by atoms with E-state index in [-0.39, 0.29) is 16.3 Å². The minimum Gasteiger partial charge on any atom is -0.346 e. The summed E-state index contributed by atoms with van der Waals surface area (Å²) in [7, 11) is 0. The fourth-order valence-corrected chi connectivity index (χ4v) is 2.63. The first kappa shape index (κ1) is 19.1. The Labute approximate surface area is 157 Å². The second-order valence-corrected chi connectivity index (χ2v) is 5.97. The lowest BCUT2D eigenvalue weighted by Gasteiger charge is -2.36. The highest BCUT2D eigenvalue weighted by atomic mass is 19.3. The summed E-state index contributed by atoms with van der Waals surface area (Å²) in [4.78, 5) is 32.0. The normalized spacial score (nSPS) is 15.8. The van der Waals surface area contributed by atoms with E-state index in [1.54, 1.807) is 6.07 Å². The lowest BCUT2D eigenvalue weighted by Crippen LogP contribution is -2.53. The van der Waals surface area contributed by atoms with Gasteiger partial charge < -0.3 is 10.6 Å². The molecule has 3 amide bonds. The van der Waals surface area contributed by atoms with Gasteiger partial charge in [0.2, 0.25) is 5.91 Å². The quantitative estimate of drug-likeness (QED) is 0.778. The number of fused-ring (bicyclic) bond motifs is 1. The molecule has 0 fully saturated rings. The van der Waals surface area contributed by atoms with Gasteiger partial charge in [0.25, 0.3) is 0 Å². The first-order chi connectivity index (χ1) is 13.2. The molecule has 0 radical (unpaired) electrons. The lowest BCUT2D eigenvalue weighted by molar-refractivity contribution is -0.145. The SMILES string of the molecule is C[C@H](NC(=O)CN1C(=O)Nc2ccc(F)cc2C1(F)F)c1cnc(C#N)cn1. The van der Waals surface area contributed by atoms with Crippen molar-refractivity contribution in [3.63, 3.8) is 0 Å². The number of rotatable bonds is 4. The van der Waals surface area contributed by atoms with E-state index in [2.05, 4.69) is 20.6 Å². The van der Waals surface area contributed by atoms with Gasteiger partial charge in [-0.3, -0.25) is 14.7 Å². The Morgan fingerprint density at radius 1 is 1.39 bits per heavy atom. The Kier molecular flexibility index (Phi) is 4.87.